The van der Waals surface area contributed by atoms with Crippen molar-refractivity contribution in [2.24, 2.45) is 11.8 Å². The van der Waals surface area contributed by atoms with E-state index in [0.29, 0.717) is 18.4 Å². The Morgan fingerprint density at radius 2 is 2.03 bits per heavy atom. The molecule has 2 fully saturated rings. The van der Waals surface area contributed by atoms with Crippen LogP contribution in [0.2, 0.25) is 0 Å². The first-order valence-electron chi connectivity index (χ1n) is 12.5. The van der Waals surface area contributed by atoms with Gasteiger partial charge in [0.15, 0.2) is 11.5 Å². The molecule has 1 N–H and O–H groups in total. The minimum atomic E-state index is -0.0268. The van der Waals surface area contributed by atoms with Gasteiger partial charge < -0.3 is 24.1 Å². The number of nitrogens with one attached hydrogen (secondary N) is 1. The minimum absolute atomic E-state index is 0.0268. The Hall–Kier alpha value is -3.39. The minimum Gasteiger partial charge on any atom is -0.466 e. The van der Waals surface area contributed by atoms with Gasteiger partial charge in [-0.25, -0.2) is 4.98 Å². The number of nitrogens with zero attached hydrogens (tertiary/aromatic N) is 3. The molecule has 1 saturated carbocycles. The van der Waals surface area contributed by atoms with E-state index in [9.17, 15) is 4.79 Å². The average Bonchev–Trinajstić information content (AvgIpc) is 3.28. The van der Waals surface area contributed by atoms with Gasteiger partial charge in [0.2, 0.25) is 6.79 Å². The van der Waals surface area contributed by atoms with Gasteiger partial charge in [-0.3, -0.25) is 9.78 Å². The van der Waals surface area contributed by atoms with Gasteiger partial charge in [-0.1, -0.05) is 6.07 Å². The molecule has 1 saturated heterocycles. The number of ether oxygens (including phenoxy) is 3. The highest BCUT2D eigenvalue weighted by atomic mass is 16.7. The number of rotatable bonds is 7. The molecule has 0 radical (unpaired) electrons. The molecule has 3 aromatic rings. The maximum Gasteiger partial charge on any atom is 0.309 e. The van der Waals surface area contributed by atoms with E-state index in [1.54, 1.807) is 6.20 Å². The van der Waals surface area contributed by atoms with Crippen molar-refractivity contribution in [3.8, 4) is 34.1 Å². The zero-order chi connectivity index (χ0) is 23.8. The first-order valence-corrected chi connectivity index (χ1v) is 12.5. The third-order valence-electron chi connectivity index (χ3n) is 7.27. The zero-order valence-corrected chi connectivity index (χ0v) is 19.9. The Bertz CT molecular complexity index is 1200. The third kappa shape index (κ3) is 4.50. The standard InChI is InChI=1S/C27H30N4O4/c1-2-33-27(32)20-13-19(20)15-31-11-8-17(9-12-31)26-29-24(25(30-26)21-5-3-4-10-28-21)18-6-7-22-23(14-18)35-16-34-22/h3-7,10,14,17,19-20H,2,8-9,11-13,15-16H2,1H3,(H,29,30). The predicted molar refractivity (Wildman–Crippen MR) is 130 cm³/mol. The summed E-state index contributed by atoms with van der Waals surface area (Å²) in [6.45, 7) is 5.58. The quantitative estimate of drug-likeness (QED) is 0.512. The molecule has 3 aliphatic rings. The number of aromatic nitrogens is 3. The number of hydrogen-bond acceptors (Lipinski definition) is 7. The van der Waals surface area contributed by atoms with Gasteiger partial charge in [0.05, 0.1) is 29.6 Å². The number of esters is 1. The number of fused-ring (bicyclic) bond motifs is 1. The molecule has 2 unspecified atom stereocenters. The molecule has 2 aromatic heterocycles. The molecule has 0 bridgehead atoms. The van der Waals surface area contributed by atoms with Crippen LogP contribution in [0.15, 0.2) is 42.6 Å². The summed E-state index contributed by atoms with van der Waals surface area (Å²) in [6.07, 6.45) is 4.83. The van der Waals surface area contributed by atoms with Crippen LogP contribution in [-0.2, 0) is 9.53 Å². The van der Waals surface area contributed by atoms with Crippen molar-refractivity contribution in [2.75, 3.05) is 33.0 Å². The lowest BCUT2D eigenvalue weighted by atomic mass is 9.96. The molecule has 8 heteroatoms. The van der Waals surface area contributed by atoms with Gasteiger partial charge in [0, 0.05) is 24.2 Å². The number of H-pyrrole nitrogens is 1. The molecular formula is C27H30N4O4. The number of imidazole rings is 1. The number of hydrogen-bond donors (Lipinski definition) is 1. The van der Waals surface area contributed by atoms with Gasteiger partial charge in [-0.15, -0.1) is 0 Å². The molecule has 6 rings (SSSR count). The second kappa shape index (κ2) is 9.34. The summed E-state index contributed by atoms with van der Waals surface area (Å²) < 4.78 is 16.3. The number of carbonyl (C=O) groups is 1. The van der Waals surface area contributed by atoms with Crippen molar-refractivity contribution in [3.05, 3.63) is 48.4 Å². The van der Waals surface area contributed by atoms with E-state index < -0.39 is 0 Å². The maximum absolute atomic E-state index is 12.0. The molecule has 0 spiro atoms. The Kier molecular flexibility index (Phi) is 5.90. The highest BCUT2D eigenvalue weighted by molar-refractivity contribution is 5.78. The second-order valence-corrected chi connectivity index (χ2v) is 9.56. The Balaban J connectivity index is 1.18. The van der Waals surface area contributed by atoms with E-state index in [-0.39, 0.29) is 18.7 Å². The molecular weight excluding hydrogens is 444 g/mol. The lowest BCUT2D eigenvalue weighted by molar-refractivity contribution is -0.145. The topological polar surface area (TPSA) is 89.6 Å². The molecule has 1 aliphatic carbocycles. The molecule has 8 nitrogen and oxygen atoms in total. The van der Waals surface area contributed by atoms with Gasteiger partial charge in [-0.05, 0) is 75.5 Å². The van der Waals surface area contributed by atoms with Gasteiger partial charge in [-0.2, -0.15) is 0 Å². The zero-order valence-electron chi connectivity index (χ0n) is 19.9. The molecule has 182 valence electrons. The number of likely N-dealkylation sites (tertiary alicyclic amines) is 1. The van der Waals surface area contributed by atoms with Crippen molar-refractivity contribution in [3.63, 3.8) is 0 Å². The predicted octanol–water partition coefficient (Wildman–Crippen LogP) is 4.25. The molecule has 1 aromatic carbocycles. The fourth-order valence-electron chi connectivity index (χ4n) is 5.24. The number of carbonyl (C=O) groups excluding carboxylic acids is 1. The van der Waals surface area contributed by atoms with Crippen LogP contribution in [0, 0.1) is 11.8 Å². The van der Waals surface area contributed by atoms with Crippen molar-refractivity contribution in [2.45, 2.75) is 32.1 Å². The molecule has 0 amide bonds. The van der Waals surface area contributed by atoms with Crippen molar-refractivity contribution < 1.29 is 19.0 Å². The summed E-state index contributed by atoms with van der Waals surface area (Å²) in [5.74, 6) is 3.39. The summed E-state index contributed by atoms with van der Waals surface area (Å²) in [4.78, 5) is 27.7. The van der Waals surface area contributed by atoms with E-state index >= 15 is 0 Å². The van der Waals surface area contributed by atoms with E-state index in [1.807, 2.05) is 43.3 Å². The first-order chi connectivity index (χ1) is 17.2. The van der Waals surface area contributed by atoms with Crippen LogP contribution >= 0.6 is 0 Å². The summed E-state index contributed by atoms with van der Waals surface area (Å²) in [5.41, 5.74) is 3.66. The SMILES string of the molecule is CCOC(=O)C1CC1CN1CCC(c2nc(-c3ccc4c(c3)OCO4)c(-c3ccccn3)[nH]2)CC1. The summed E-state index contributed by atoms with van der Waals surface area (Å²) >= 11 is 0. The molecule has 35 heavy (non-hydrogen) atoms. The Morgan fingerprint density at radius 3 is 2.83 bits per heavy atom. The number of piperidine rings is 1. The highest BCUT2D eigenvalue weighted by Crippen LogP contribution is 2.42. The highest BCUT2D eigenvalue weighted by Gasteiger charge is 2.45. The van der Waals surface area contributed by atoms with Crippen LogP contribution in [0.3, 0.4) is 0 Å². The maximum atomic E-state index is 12.0. The van der Waals surface area contributed by atoms with Crippen LogP contribution in [0.25, 0.3) is 22.6 Å². The number of pyridine rings is 1. The van der Waals surface area contributed by atoms with Crippen LogP contribution in [0.4, 0.5) is 0 Å². The van der Waals surface area contributed by atoms with E-state index in [1.165, 1.54) is 0 Å². The van der Waals surface area contributed by atoms with Gasteiger partial charge in [0.25, 0.3) is 0 Å². The van der Waals surface area contributed by atoms with Crippen LogP contribution in [0.5, 0.6) is 11.5 Å². The first kappa shape index (κ1) is 22.1. The second-order valence-electron chi connectivity index (χ2n) is 9.56. The van der Waals surface area contributed by atoms with Crippen molar-refractivity contribution in [1.82, 2.24) is 19.9 Å². The molecule has 4 heterocycles. The van der Waals surface area contributed by atoms with E-state index in [4.69, 9.17) is 19.2 Å². The Labute approximate surface area is 204 Å². The summed E-state index contributed by atoms with van der Waals surface area (Å²) in [7, 11) is 0. The summed E-state index contributed by atoms with van der Waals surface area (Å²) in [5, 5.41) is 0. The monoisotopic (exact) mass is 474 g/mol. The summed E-state index contributed by atoms with van der Waals surface area (Å²) in [6, 6.07) is 11.9. The van der Waals surface area contributed by atoms with Gasteiger partial charge in [0.1, 0.15) is 5.82 Å². The van der Waals surface area contributed by atoms with Gasteiger partial charge >= 0.3 is 5.97 Å². The lowest BCUT2D eigenvalue weighted by Crippen LogP contribution is -2.35. The average molecular weight is 475 g/mol. The number of benzene rings is 1. The van der Waals surface area contributed by atoms with Crippen molar-refractivity contribution in [1.29, 1.82) is 0 Å². The van der Waals surface area contributed by atoms with Crippen LogP contribution in [0.1, 0.15) is 37.9 Å². The normalized spacial score (nSPS) is 21.7. The molecule has 2 aliphatic heterocycles. The largest absolute Gasteiger partial charge is 0.466 e. The third-order valence-corrected chi connectivity index (χ3v) is 7.27. The fraction of sp³-hybridized carbons (Fsp3) is 0.444. The van der Waals surface area contributed by atoms with Crippen LogP contribution < -0.4 is 9.47 Å². The Morgan fingerprint density at radius 1 is 1.17 bits per heavy atom. The van der Waals surface area contributed by atoms with E-state index in [0.717, 1.165) is 78.9 Å². The number of aromatic amines is 1. The van der Waals surface area contributed by atoms with Crippen LogP contribution in [-0.4, -0.2) is 58.9 Å². The fourth-order valence-corrected chi connectivity index (χ4v) is 5.24. The smallest absolute Gasteiger partial charge is 0.309 e. The van der Waals surface area contributed by atoms with Crippen molar-refractivity contribution >= 4 is 5.97 Å². The lowest BCUT2D eigenvalue weighted by Gasteiger charge is -2.31. The molecule has 2 atom stereocenters. The van der Waals surface area contributed by atoms with E-state index in [2.05, 4.69) is 14.9 Å².